The number of carbonyl (C=O) groups is 4. The minimum atomic E-state index is -3.27. The molecular weight excluding hydrogens is 673 g/mol. The smallest absolute Gasteiger partial charge is 0.323 e. The van der Waals surface area contributed by atoms with Gasteiger partial charge in [-0.25, -0.2) is 8.78 Å². The number of cyclic esters (lactones) is 4. The van der Waals surface area contributed by atoms with E-state index in [0.717, 1.165) is 25.3 Å². The van der Waals surface area contributed by atoms with E-state index < -0.39 is 56.8 Å². The summed E-state index contributed by atoms with van der Waals surface area (Å²) in [7, 11) is 6.03. The van der Waals surface area contributed by atoms with Crippen molar-refractivity contribution in [2.45, 2.75) is 182 Å². The Morgan fingerprint density at radius 2 is 1.19 bits per heavy atom. The molecule has 9 heteroatoms. The van der Waals surface area contributed by atoms with Crippen molar-refractivity contribution in [1.29, 1.82) is 0 Å². The molecule has 2 aliphatic heterocycles. The predicted molar refractivity (Wildman–Crippen MR) is 211 cm³/mol. The number of rotatable bonds is 12. The van der Waals surface area contributed by atoms with Gasteiger partial charge in [-0.05, 0) is 84.5 Å². The zero-order chi connectivity index (χ0) is 42.4. The van der Waals surface area contributed by atoms with Gasteiger partial charge in [-0.3, -0.25) is 19.2 Å². The Balaban J connectivity index is 0.000000549. The Morgan fingerprint density at radius 3 is 1.57 bits per heavy atom. The van der Waals surface area contributed by atoms with Gasteiger partial charge in [0.05, 0.1) is 25.6 Å². The van der Waals surface area contributed by atoms with Crippen LogP contribution in [0.4, 0.5) is 8.78 Å². The largest absolute Gasteiger partial charge is 0.393 e. The van der Waals surface area contributed by atoms with E-state index in [1.54, 1.807) is 13.8 Å². The van der Waals surface area contributed by atoms with E-state index in [1.807, 2.05) is 33.8 Å². The van der Waals surface area contributed by atoms with Crippen molar-refractivity contribution in [2.75, 3.05) is 0 Å². The molecule has 53 heavy (non-hydrogen) atoms. The highest BCUT2D eigenvalue weighted by Crippen LogP contribution is 2.63. The van der Waals surface area contributed by atoms with E-state index in [0.29, 0.717) is 5.41 Å². The molecule has 2 rings (SSSR count). The Bertz CT molecular complexity index is 1460. The molecule has 0 aliphatic carbocycles. The zero-order valence-electron chi connectivity index (χ0n) is 37.1. The summed E-state index contributed by atoms with van der Waals surface area (Å²) in [6.45, 7) is 39.4. The van der Waals surface area contributed by atoms with E-state index in [-0.39, 0.29) is 34.2 Å². The van der Waals surface area contributed by atoms with Gasteiger partial charge in [-0.1, -0.05) is 135 Å². The van der Waals surface area contributed by atoms with Gasteiger partial charge in [-0.15, -0.1) is 0 Å². The number of hydrogen-bond donors (Lipinski definition) is 0. The van der Waals surface area contributed by atoms with Crippen LogP contribution in [0.25, 0.3) is 0 Å². The van der Waals surface area contributed by atoms with Crippen molar-refractivity contribution in [3.8, 4) is 0 Å². The highest BCUT2D eigenvalue weighted by Gasteiger charge is 2.63. The van der Waals surface area contributed by atoms with Crippen molar-refractivity contribution < 1.29 is 37.4 Å². The second-order valence-electron chi connectivity index (χ2n) is 22.4. The van der Waals surface area contributed by atoms with Crippen LogP contribution in [0.2, 0.25) is 5.31 Å². The molecule has 0 spiro atoms. The number of carbonyl (C=O) groups excluding carboxylic acids is 4. The van der Waals surface area contributed by atoms with Gasteiger partial charge in [0.15, 0.2) is 0 Å². The number of esters is 4. The van der Waals surface area contributed by atoms with Crippen LogP contribution in [0.3, 0.4) is 0 Å². The summed E-state index contributed by atoms with van der Waals surface area (Å²) in [6.07, 6.45) is 7.23. The molecule has 2 aliphatic rings. The standard InChI is InChI=1S/C24H39BF2O3.C20H34O3/c1-15(13-22(11)16(28)30-17(29)23(22,12)25)24(26,27)21(9,10)20(7,8)19(5,6)14-18(2,3)4;1-14(9-15-10-16(21)23-17(15)22)11-19(5,6)13-20(7,8)12-18(2,3)4/h13H,14H2,1-12H3;9,15H,10-13H2,1-8H3/b15-13+;14-9+/t22-,23+;/m1./s1. The molecule has 0 aromatic heterocycles. The Morgan fingerprint density at radius 1 is 0.717 bits per heavy atom. The van der Waals surface area contributed by atoms with Gasteiger partial charge < -0.3 is 9.47 Å². The molecule has 0 bridgehead atoms. The molecule has 2 saturated heterocycles. The van der Waals surface area contributed by atoms with Crippen LogP contribution in [0.1, 0.15) is 171 Å². The minimum Gasteiger partial charge on any atom is -0.393 e. The van der Waals surface area contributed by atoms with Crippen LogP contribution < -0.4 is 0 Å². The van der Waals surface area contributed by atoms with Gasteiger partial charge in [0.1, 0.15) is 0 Å². The Kier molecular flexibility index (Phi) is 14.1. The fraction of sp³-hybridized carbons (Fsp3) is 0.818. The van der Waals surface area contributed by atoms with Crippen LogP contribution in [0, 0.1) is 49.2 Å². The average molecular weight is 747 g/mol. The fourth-order valence-electron chi connectivity index (χ4n) is 9.36. The molecule has 0 N–H and O–H groups in total. The number of alkyl halides is 2. The molecule has 0 amide bonds. The van der Waals surface area contributed by atoms with Gasteiger partial charge in [0.25, 0.3) is 5.92 Å². The van der Waals surface area contributed by atoms with Crippen LogP contribution in [0.5, 0.6) is 0 Å². The summed E-state index contributed by atoms with van der Waals surface area (Å²) in [5, 5.41) is -1.72. The first-order valence-corrected chi connectivity index (χ1v) is 19.1. The molecule has 2 fully saturated rings. The maximum absolute atomic E-state index is 16.0. The van der Waals surface area contributed by atoms with Crippen molar-refractivity contribution >= 4 is 31.7 Å². The SMILES string of the molecule is C/C(=C\C1CC(=O)OC1=O)CC(C)(C)CC(C)(C)CC(C)(C)C.[B][C@@]1(C)C(=O)OC(=O)[C@@]1(C)/C=C(\C)C(F)(F)C(C)(C)C(C)(C)C(C)(C)CC(C)(C)C. The Hall–Kier alpha value is -2.32. The van der Waals surface area contributed by atoms with Gasteiger partial charge in [0, 0.05) is 10.7 Å². The number of ether oxygens (including phenoxy) is 2. The molecular formula is C44H73BF2O6. The first-order valence-electron chi connectivity index (χ1n) is 19.1. The second-order valence-corrected chi connectivity index (χ2v) is 22.4. The summed E-state index contributed by atoms with van der Waals surface area (Å²) in [5.74, 6) is -6.28. The van der Waals surface area contributed by atoms with E-state index >= 15 is 8.78 Å². The normalized spacial score (nSPS) is 24.6. The summed E-state index contributed by atoms with van der Waals surface area (Å²) in [4.78, 5) is 47.1. The second kappa shape index (κ2) is 15.3. The van der Waals surface area contributed by atoms with Crippen molar-refractivity contribution in [2.24, 2.45) is 49.2 Å². The van der Waals surface area contributed by atoms with E-state index in [1.165, 1.54) is 32.8 Å². The molecule has 302 valence electrons. The van der Waals surface area contributed by atoms with Gasteiger partial charge in [-0.2, -0.15) is 0 Å². The van der Waals surface area contributed by atoms with Crippen LogP contribution in [-0.2, 0) is 28.7 Å². The summed E-state index contributed by atoms with van der Waals surface area (Å²) < 4.78 is 41.3. The van der Waals surface area contributed by atoms with Gasteiger partial charge in [0.2, 0.25) is 0 Å². The molecule has 2 heterocycles. The van der Waals surface area contributed by atoms with Crippen molar-refractivity contribution in [1.82, 2.24) is 0 Å². The molecule has 6 nitrogen and oxygen atoms in total. The van der Waals surface area contributed by atoms with Crippen LogP contribution in [-0.4, -0.2) is 37.6 Å². The monoisotopic (exact) mass is 747 g/mol. The van der Waals surface area contributed by atoms with Gasteiger partial charge >= 0.3 is 23.9 Å². The minimum absolute atomic E-state index is 0.0279. The van der Waals surface area contributed by atoms with Crippen molar-refractivity contribution in [3.63, 3.8) is 0 Å². The quantitative estimate of drug-likeness (QED) is 0.0855. The average Bonchev–Trinajstić information content (AvgIpc) is 3.26. The third-order valence-corrected chi connectivity index (χ3v) is 12.2. The van der Waals surface area contributed by atoms with Crippen LogP contribution >= 0.6 is 0 Å². The van der Waals surface area contributed by atoms with Crippen molar-refractivity contribution in [3.05, 3.63) is 23.3 Å². The first kappa shape index (κ1) is 48.7. The number of allylic oxidation sites excluding steroid dienone is 2. The maximum Gasteiger partial charge on any atom is 0.323 e. The molecule has 0 saturated carbocycles. The topological polar surface area (TPSA) is 86.7 Å². The highest BCUT2D eigenvalue weighted by atomic mass is 19.3. The lowest BCUT2D eigenvalue weighted by atomic mass is 9.49. The predicted octanol–water partition coefficient (Wildman–Crippen LogP) is 11.8. The molecule has 0 aromatic rings. The fourth-order valence-corrected chi connectivity index (χ4v) is 9.36. The van der Waals surface area contributed by atoms with E-state index in [2.05, 4.69) is 85.6 Å². The van der Waals surface area contributed by atoms with E-state index in [4.69, 9.17) is 7.85 Å². The Labute approximate surface area is 322 Å². The first-order chi connectivity index (χ1) is 23.1. The molecule has 0 aromatic carbocycles. The molecule has 3 atom stereocenters. The summed E-state index contributed by atoms with van der Waals surface area (Å²) >= 11 is 0. The summed E-state index contributed by atoms with van der Waals surface area (Å²) in [5.41, 5.74) is -2.75. The lowest BCUT2D eigenvalue weighted by Gasteiger charge is -2.56. The van der Waals surface area contributed by atoms with E-state index in [9.17, 15) is 19.2 Å². The number of halogens is 2. The third kappa shape index (κ3) is 11.4. The molecule has 1 unspecified atom stereocenters. The highest BCUT2D eigenvalue weighted by molar-refractivity contribution is 6.33. The lowest BCUT2D eigenvalue weighted by molar-refractivity contribution is -0.173. The third-order valence-electron chi connectivity index (χ3n) is 12.2. The summed E-state index contributed by atoms with van der Waals surface area (Å²) in [6, 6.07) is 0. The van der Waals surface area contributed by atoms with Crippen LogP contribution in [0.15, 0.2) is 23.3 Å². The lowest BCUT2D eigenvalue weighted by Crippen LogP contribution is -2.55. The molecule has 2 radical (unpaired) electrons. The zero-order valence-corrected chi connectivity index (χ0v) is 37.1. The number of hydrogen-bond acceptors (Lipinski definition) is 6. The maximum atomic E-state index is 16.0.